The lowest BCUT2D eigenvalue weighted by Gasteiger charge is -2.26. The fourth-order valence-electron chi connectivity index (χ4n) is 2.47. The number of nitrogens with two attached hydrogens (primary N) is 1. The van der Waals surface area contributed by atoms with E-state index in [1.165, 1.54) is 31.3 Å². The van der Waals surface area contributed by atoms with Gasteiger partial charge in [0, 0.05) is 6.04 Å². The van der Waals surface area contributed by atoms with Crippen molar-refractivity contribution in [3.05, 3.63) is 36.0 Å². The Morgan fingerprint density at radius 3 is 2.76 bits per heavy atom. The van der Waals surface area contributed by atoms with Crippen LogP contribution in [0.4, 0.5) is 0 Å². The van der Waals surface area contributed by atoms with Crippen molar-refractivity contribution < 1.29 is 0 Å². The van der Waals surface area contributed by atoms with Gasteiger partial charge in [-0.25, -0.2) is 0 Å². The largest absolute Gasteiger partial charge is 0.327 e. The second-order valence-corrected chi connectivity index (χ2v) is 5.25. The highest BCUT2D eigenvalue weighted by Crippen LogP contribution is 2.27. The third kappa shape index (κ3) is 4.91. The van der Waals surface area contributed by atoms with Crippen LogP contribution in [0.1, 0.15) is 46.5 Å². The maximum absolute atomic E-state index is 6.14. The van der Waals surface area contributed by atoms with Crippen molar-refractivity contribution in [3.8, 4) is 0 Å². The van der Waals surface area contributed by atoms with Crippen molar-refractivity contribution in [3.63, 3.8) is 0 Å². The van der Waals surface area contributed by atoms with E-state index in [1.54, 1.807) is 0 Å². The Labute approximate surface area is 106 Å². The van der Waals surface area contributed by atoms with Gasteiger partial charge in [-0.1, -0.05) is 49.3 Å². The number of allylic oxidation sites excluding steroid dienone is 5. The third-order valence-corrected chi connectivity index (χ3v) is 3.60. The van der Waals surface area contributed by atoms with E-state index in [1.807, 2.05) is 0 Å². The average Bonchev–Trinajstić information content (AvgIpc) is 2.34. The Kier molecular flexibility index (Phi) is 6.28. The molecule has 0 saturated heterocycles. The topological polar surface area (TPSA) is 26.0 Å². The van der Waals surface area contributed by atoms with Crippen LogP contribution in [-0.2, 0) is 0 Å². The van der Waals surface area contributed by atoms with Gasteiger partial charge in [0.2, 0.25) is 0 Å². The minimum atomic E-state index is 0.252. The molecule has 17 heavy (non-hydrogen) atoms. The second kappa shape index (κ2) is 7.50. The van der Waals surface area contributed by atoms with E-state index in [-0.39, 0.29) is 6.04 Å². The molecule has 0 saturated carbocycles. The molecular formula is C16H27N. The number of unbranched alkanes of at least 4 members (excludes halogenated alkanes) is 1. The second-order valence-electron chi connectivity index (χ2n) is 5.25. The summed E-state index contributed by atoms with van der Waals surface area (Å²) in [5, 5.41) is 0. The third-order valence-electron chi connectivity index (χ3n) is 3.60. The maximum atomic E-state index is 6.14. The average molecular weight is 233 g/mol. The molecule has 0 aromatic rings. The summed E-state index contributed by atoms with van der Waals surface area (Å²) in [5.74, 6) is 1.20. The normalized spacial score (nSPS) is 23.8. The first-order valence-electron chi connectivity index (χ1n) is 6.90. The van der Waals surface area contributed by atoms with Crippen LogP contribution in [0.2, 0.25) is 0 Å². The Balaban J connectivity index is 2.59. The van der Waals surface area contributed by atoms with Gasteiger partial charge in [0.05, 0.1) is 0 Å². The zero-order valence-corrected chi connectivity index (χ0v) is 11.5. The van der Waals surface area contributed by atoms with Gasteiger partial charge in [-0.3, -0.25) is 0 Å². The van der Waals surface area contributed by atoms with Gasteiger partial charge in [-0.05, 0) is 44.9 Å². The standard InChI is InChI=1S/C16H27N/c1-4-5-9-13(2)16(14(3)17)12-15-10-7-6-8-11-15/h6-10,14-16H,4-5,11-12,17H2,1-3H3/b13-9+. The first kappa shape index (κ1) is 14.2. The molecule has 0 radical (unpaired) electrons. The lowest BCUT2D eigenvalue weighted by Crippen LogP contribution is -2.29. The van der Waals surface area contributed by atoms with Gasteiger partial charge >= 0.3 is 0 Å². The van der Waals surface area contributed by atoms with E-state index in [0.717, 1.165) is 0 Å². The fraction of sp³-hybridized carbons (Fsp3) is 0.625. The van der Waals surface area contributed by atoms with Crippen molar-refractivity contribution in [1.29, 1.82) is 0 Å². The van der Waals surface area contributed by atoms with Gasteiger partial charge in [0.15, 0.2) is 0 Å². The van der Waals surface area contributed by atoms with Crippen LogP contribution in [-0.4, -0.2) is 6.04 Å². The van der Waals surface area contributed by atoms with Gasteiger partial charge in [0.25, 0.3) is 0 Å². The van der Waals surface area contributed by atoms with Crippen LogP contribution >= 0.6 is 0 Å². The van der Waals surface area contributed by atoms with E-state index in [4.69, 9.17) is 5.73 Å². The predicted molar refractivity (Wildman–Crippen MR) is 76.8 cm³/mol. The SMILES string of the molecule is CCC/C=C(\C)C(CC1C=CC=CC1)C(C)N. The van der Waals surface area contributed by atoms with Crippen LogP contribution in [0.25, 0.3) is 0 Å². The molecule has 1 rings (SSSR count). The summed E-state index contributed by atoms with van der Waals surface area (Å²) in [6, 6.07) is 0.252. The molecule has 2 N–H and O–H groups in total. The molecular weight excluding hydrogens is 206 g/mol. The molecule has 0 aromatic carbocycles. The molecule has 3 unspecified atom stereocenters. The number of rotatable bonds is 6. The Bertz CT molecular complexity index is 297. The van der Waals surface area contributed by atoms with Crippen molar-refractivity contribution in [2.45, 2.75) is 52.5 Å². The molecule has 0 heterocycles. The molecule has 0 amide bonds. The Hall–Kier alpha value is -0.820. The molecule has 0 spiro atoms. The zero-order chi connectivity index (χ0) is 12.7. The Morgan fingerprint density at radius 1 is 1.47 bits per heavy atom. The quantitative estimate of drug-likeness (QED) is 0.683. The van der Waals surface area contributed by atoms with E-state index in [2.05, 4.69) is 51.2 Å². The van der Waals surface area contributed by atoms with E-state index < -0.39 is 0 Å². The molecule has 1 aliphatic carbocycles. The predicted octanol–water partition coefficient (Wildman–Crippen LogP) is 4.22. The first-order valence-corrected chi connectivity index (χ1v) is 6.90. The van der Waals surface area contributed by atoms with Crippen molar-refractivity contribution in [2.75, 3.05) is 0 Å². The highest BCUT2D eigenvalue weighted by molar-refractivity contribution is 5.13. The summed E-state index contributed by atoms with van der Waals surface area (Å²) < 4.78 is 0. The summed E-state index contributed by atoms with van der Waals surface area (Å²) >= 11 is 0. The van der Waals surface area contributed by atoms with Crippen LogP contribution in [0.15, 0.2) is 36.0 Å². The molecule has 0 aliphatic heterocycles. The Morgan fingerprint density at radius 2 is 2.24 bits per heavy atom. The van der Waals surface area contributed by atoms with Crippen molar-refractivity contribution in [2.24, 2.45) is 17.6 Å². The lowest BCUT2D eigenvalue weighted by molar-refractivity contribution is 0.411. The molecule has 1 aliphatic rings. The van der Waals surface area contributed by atoms with E-state index in [0.29, 0.717) is 11.8 Å². The van der Waals surface area contributed by atoms with E-state index in [9.17, 15) is 0 Å². The first-order chi connectivity index (χ1) is 8.15. The maximum Gasteiger partial charge on any atom is 0.00761 e. The van der Waals surface area contributed by atoms with Crippen LogP contribution in [0.3, 0.4) is 0 Å². The highest BCUT2D eigenvalue weighted by Gasteiger charge is 2.19. The fourth-order valence-corrected chi connectivity index (χ4v) is 2.47. The molecule has 1 nitrogen and oxygen atoms in total. The van der Waals surface area contributed by atoms with E-state index >= 15 is 0 Å². The molecule has 0 bridgehead atoms. The van der Waals surface area contributed by atoms with Crippen molar-refractivity contribution >= 4 is 0 Å². The summed E-state index contributed by atoms with van der Waals surface area (Å²) in [4.78, 5) is 0. The minimum absolute atomic E-state index is 0.252. The van der Waals surface area contributed by atoms with Gasteiger partial charge in [-0.15, -0.1) is 0 Å². The molecule has 96 valence electrons. The van der Waals surface area contributed by atoms with Gasteiger partial charge in [-0.2, -0.15) is 0 Å². The van der Waals surface area contributed by atoms with Crippen LogP contribution in [0, 0.1) is 11.8 Å². The zero-order valence-electron chi connectivity index (χ0n) is 11.5. The minimum Gasteiger partial charge on any atom is -0.327 e. The molecule has 0 aromatic heterocycles. The number of hydrogen-bond acceptors (Lipinski definition) is 1. The highest BCUT2D eigenvalue weighted by atomic mass is 14.6. The van der Waals surface area contributed by atoms with Gasteiger partial charge in [0.1, 0.15) is 0 Å². The molecule has 3 atom stereocenters. The van der Waals surface area contributed by atoms with Gasteiger partial charge < -0.3 is 5.73 Å². The summed E-state index contributed by atoms with van der Waals surface area (Å²) in [6.07, 6.45) is 16.0. The molecule has 0 fully saturated rings. The van der Waals surface area contributed by atoms with Crippen molar-refractivity contribution in [1.82, 2.24) is 0 Å². The summed E-state index contributed by atoms with van der Waals surface area (Å²) in [6.45, 7) is 6.60. The monoisotopic (exact) mass is 233 g/mol. The molecule has 1 heteroatoms. The smallest absolute Gasteiger partial charge is 0.00761 e. The summed E-state index contributed by atoms with van der Waals surface area (Å²) in [7, 11) is 0. The summed E-state index contributed by atoms with van der Waals surface area (Å²) in [5.41, 5.74) is 7.62. The van der Waals surface area contributed by atoms with Crippen LogP contribution < -0.4 is 5.73 Å². The lowest BCUT2D eigenvalue weighted by atomic mass is 9.82. The van der Waals surface area contributed by atoms with Crippen LogP contribution in [0.5, 0.6) is 0 Å². The number of hydrogen-bond donors (Lipinski definition) is 1.